The Labute approximate surface area is 133 Å². The number of aromatic nitrogens is 2. The molecular formula is C16H20N2O3S. The van der Waals surface area contributed by atoms with Gasteiger partial charge in [-0.3, -0.25) is 13.9 Å². The van der Waals surface area contributed by atoms with E-state index in [0.29, 0.717) is 12.4 Å². The molecule has 0 unspecified atom stereocenters. The van der Waals surface area contributed by atoms with Gasteiger partial charge in [-0.05, 0) is 24.6 Å². The van der Waals surface area contributed by atoms with Crippen LogP contribution >= 0.6 is 11.8 Å². The molecule has 0 saturated heterocycles. The van der Waals surface area contributed by atoms with Crippen LogP contribution in [0.15, 0.2) is 39.9 Å². The van der Waals surface area contributed by atoms with Gasteiger partial charge in [-0.15, -0.1) is 0 Å². The molecule has 0 amide bonds. The van der Waals surface area contributed by atoms with Crippen molar-refractivity contribution in [2.45, 2.75) is 12.7 Å². The summed E-state index contributed by atoms with van der Waals surface area (Å²) < 4.78 is 8.28. The highest BCUT2D eigenvalue weighted by atomic mass is 32.2. The summed E-state index contributed by atoms with van der Waals surface area (Å²) in [5.41, 5.74) is 1.34. The molecule has 0 spiro atoms. The molecule has 2 rings (SSSR count). The Balaban J connectivity index is 1.85. The highest BCUT2D eigenvalue weighted by Gasteiger charge is 2.05. The first-order valence-electron chi connectivity index (χ1n) is 7.02. The standard InChI is InChI=1S/C16H20N2O3S/c1-12-5-4-6-14(9-12)21-7-8-22-11-13-10-15(19)18(3)16(20)17(13)2/h4-6,9-10H,7-8,11H2,1-3H3. The summed E-state index contributed by atoms with van der Waals surface area (Å²) in [6.45, 7) is 2.62. The Bertz CT molecular complexity index is 765. The van der Waals surface area contributed by atoms with E-state index in [2.05, 4.69) is 0 Å². The maximum absolute atomic E-state index is 11.8. The molecule has 5 nitrogen and oxygen atoms in total. The fraction of sp³-hybridized carbons (Fsp3) is 0.375. The zero-order valence-electron chi connectivity index (χ0n) is 13.0. The van der Waals surface area contributed by atoms with Crippen LogP contribution in [0.5, 0.6) is 5.75 Å². The zero-order valence-corrected chi connectivity index (χ0v) is 13.9. The summed E-state index contributed by atoms with van der Waals surface area (Å²) >= 11 is 1.63. The van der Waals surface area contributed by atoms with Crippen LogP contribution in [-0.4, -0.2) is 21.5 Å². The van der Waals surface area contributed by atoms with Crippen molar-refractivity contribution in [3.8, 4) is 5.75 Å². The third kappa shape index (κ3) is 4.04. The minimum atomic E-state index is -0.292. The molecule has 0 aliphatic heterocycles. The number of rotatable bonds is 6. The van der Waals surface area contributed by atoms with Crippen LogP contribution in [0.2, 0.25) is 0 Å². The topological polar surface area (TPSA) is 53.2 Å². The Hall–Kier alpha value is -1.95. The fourth-order valence-electron chi connectivity index (χ4n) is 2.02. The van der Waals surface area contributed by atoms with Crippen molar-refractivity contribution in [1.82, 2.24) is 9.13 Å². The Morgan fingerprint density at radius 2 is 1.91 bits per heavy atom. The quantitative estimate of drug-likeness (QED) is 0.760. The number of hydrogen-bond donors (Lipinski definition) is 0. The summed E-state index contributed by atoms with van der Waals surface area (Å²) in [7, 11) is 3.16. The van der Waals surface area contributed by atoms with Crippen LogP contribution in [0.25, 0.3) is 0 Å². The lowest BCUT2D eigenvalue weighted by molar-refractivity contribution is 0.343. The van der Waals surface area contributed by atoms with Crippen molar-refractivity contribution in [3.63, 3.8) is 0 Å². The van der Waals surface area contributed by atoms with Gasteiger partial charge in [0.15, 0.2) is 0 Å². The summed E-state index contributed by atoms with van der Waals surface area (Å²) in [6, 6.07) is 9.43. The molecule has 0 fully saturated rings. The van der Waals surface area contributed by atoms with Gasteiger partial charge >= 0.3 is 5.69 Å². The molecule has 0 aliphatic carbocycles. The fourth-order valence-corrected chi connectivity index (χ4v) is 2.85. The Morgan fingerprint density at radius 1 is 1.14 bits per heavy atom. The van der Waals surface area contributed by atoms with Gasteiger partial charge in [0.2, 0.25) is 0 Å². The van der Waals surface area contributed by atoms with Crippen LogP contribution in [0, 0.1) is 6.92 Å². The third-order valence-corrected chi connectivity index (χ3v) is 4.32. The maximum atomic E-state index is 11.8. The second kappa shape index (κ2) is 7.35. The van der Waals surface area contributed by atoms with Crippen molar-refractivity contribution < 1.29 is 4.74 Å². The van der Waals surface area contributed by atoms with Gasteiger partial charge in [-0.25, -0.2) is 4.79 Å². The van der Waals surface area contributed by atoms with Crippen LogP contribution < -0.4 is 16.0 Å². The molecule has 0 saturated carbocycles. The molecule has 1 heterocycles. The summed E-state index contributed by atoms with van der Waals surface area (Å²) in [6.07, 6.45) is 0. The van der Waals surface area contributed by atoms with Gasteiger partial charge in [0, 0.05) is 37.4 Å². The lowest BCUT2D eigenvalue weighted by Gasteiger charge is -2.10. The largest absolute Gasteiger partial charge is 0.493 e. The number of benzene rings is 1. The van der Waals surface area contributed by atoms with Crippen molar-refractivity contribution in [2.24, 2.45) is 14.1 Å². The van der Waals surface area contributed by atoms with Crippen LogP contribution in [0.4, 0.5) is 0 Å². The lowest BCUT2D eigenvalue weighted by atomic mass is 10.2. The first-order valence-corrected chi connectivity index (χ1v) is 8.17. The van der Waals surface area contributed by atoms with E-state index in [0.717, 1.165) is 21.8 Å². The molecule has 22 heavy (non-hydrogen) atoms. The second-order valence-electron chi connectivity index (χ2n) is 5.09. The molecule has 0 radical (unpaired) electrons. The van der Waals surface area contributed by atoms with Crippen molar-refractivity contribution in [3.05, 3.63) is 62.4 Å². The van der Waals surface area contributed by atoms with Gasteiger partial charge in [-0.2, -0.15) is 11.8 Å². The monoisotopic (exact) mass is 320 g/mol. The average molecular weight is 320 g/mol. The molecule has 6 heteroatoms. The highest BCUT2D eigenvalue weighted by molar-refractivity contribution is 7.98. The zero-order chi connectivity index (χ0) is 16.1. The van der Waals surface area contributed by atoms with E-state index in [4.69, 9.17) is 4.74 Å². The van der Waals surface area contributed by atoms with E-state index in [9.17, 15) is 9.59 Å². The van der Waals surface area contributed by atoms with E-state index in [-0.39, 0.29) is 11.2 Å². The number of hydrogen-bond acceptors (Lipinski definition) is 4. The molecule has 1 aromatic carbocycles. The first kappa shape index (κ1) is 16.4. The van der Waals surface area contributed by atoms with Gasteiger partial charge in [0.05, 0.1) is 6.61 Å². The van der Waals surface area contributed by atoms with Crippen molar-refractivity contribution in [1.29, 1.82) is 0 Å². The van der Waals surface area contributed by atoms with E-state index in [1.54, 1.807) is 18.8 Å². The van der Waals surface area contributed by atoms with Gasteiger partial charge in [0.1, 0.15) is 5.75 Å². The molecule has 0 atom stereocenters. The highest BCUT2D eigenvalue weighted by Crippen LogP contribution is 2.14. The molecule has 0 N–H and O–H groups in total. The summed E-state index contributed by atoms with van der Waals surface area (Å²) in [5.74, 6) is 2.26. The van der Waals surface area contributed by atoms with E-state index in [1.807, 2.05) is 31.2 Å². The van der Waals surface area contributed by atoms with E-state index < -0.39 is 0 Å². The lowest BCUT2D eigenvalue weighted by Crippen LogP contribution is -2.37. The van der Waals surface area contributed by atoms with Gasteiger partial charge in [-0.1, -0.05) is 12.1 Å². The second-order valence-corrected chi connectivity index (χ2v) is 6.20. The molecule has 0 aliphatic rings. The molecular weight excluding hydrogens is 300 g/mol. The number of thioether (sulfide) groups is 1. The summed E-state index contributed by atoms with van der Waals surface area (Å²) in [4.78, 5) is 23.4. The molecule has 1 aromatic heterocycles. The van der Waals surface area contributed by atoms with E-state index in [1.165, 1.54) is 23.2 Å². The number of aryl methyl sites for hydroxylation is 1. The first-order chi connectivity index (χ1) is 10.5. The predicted molar refractivity (Wildman–Crippen MR) is 89.8 cm³/mol. The maximum Gasteiger partial charge on any atom is 0.330 e. The molecule has 118 valence electrons. The summed E-state index contributed by atoms with van der Waals surface area (Å²) in [5, 5.41) is 0. The Morgan fingerprint density at radius 3 is 2.64 bits per heavy atom. The number of nitrogens with zero attached hydrogens (tertiary/aromatic N) is 2. The third-order valence-electron chi connectivity index (χ3n) is 3.36. The SMILES string of the molecule is Cc1cccc(OCCSCc2cc(=O)n(C)c(=O)n2C)c1. The normalized spacial score (nSPS) is 10.7. The smallest absolute Gasteiger partial charge is 0.330 e. The van der Waals surface area contributed by atoms with Crippen LogP contribution in [0.3, 0.4) is 0 Å². The van der Waals surface area contributed by atoms with Crippen LogP contribution in [0.1, 0.15) is 11.3 Å². The average Bonchev–Trinajstić information content (AvgIpc) is 2.50. The Kier molecular flexibility index (Phi) is 5.49. The van der Waals surface area contributed by atoms with Crippen molar-refractivity contribution >= 4 is 11.8 Å². The minimum Gasteiger partial charge on any atom is -0.493 e. The van der Waals surface area contributed by atoms with Gasteiger partial charge < -0.3 is 4.74 Å². The van der Waals surface area contributed by atoms with Gasteiger partial charge in [0.25, 0.3) is 5.56 Å². The number of ether oxygens (including phenoxy) is 1. The molecule has 2 aromatic rings. The minimum absolute atomic E-state index is 0.269. The predicted octanol–water partition coefficient (Wildman–Crippen LogP) is 1.70. The van der Waals surface area contributed by atoms with E-state index >= 15 is 0 Å². The van der Waals surface area contributed by atoms with Crippen LogP contribution in [-0.2, 0) is 19.8 Å². The van der Waals surface area contributed by atoms with Crippen molar-refractivity contribution in [2.75, 3.05) is 12.4 Å². The molecule has 0 bridgehead atoms.